The van der Waals surface area contributed by atoms with Crippen molar-refractivity contribution in [3.05, 3.63) is 59.4 Å². The average molecular weight is 371 g/mol. The standard InChI is InChI=1S/C20H25N3O4/c1-26-13-5-11-21-19(24)17-8-4-9-18(23-17)20(25)22-12-10-15-6-3-7-16(14-15)27-2/h3-4,6-9,14H,5,10-13H2,1-2H3,(H,21,24)(H,22,25). The van der Waals surface area contributed by atoms with Gasteiger partial charge in [-0.1, -0.05) is 18.2 Å². The monoisotopic (exact) mass is 371 g/mol. The normalized spacial score (nSPS) is 10.3. The van der Waals surface area contributed by atoms with E-state index >= 15 is 0 Å². The van der Waals surface area contributed by atoms with Crippen molar-refractivity contribution in [3.63, 3.8) is 0 Å². The van der Waals surface area contributed by atoms with Crippen molar-refractivity contribution in [2.45, 2.75) is 12.8 Å². The van der Waals surface area contributed by atoms with Gasteiger partial charge in [0, 0.05) is 26.8 Å². The lowest BCUT2D eigenvalue weighted by Crippen LogP contribution is -2.29. The van der Waals surface area contributed by atoms with E-state index in [0.717, 1.165) is 11.3 Å². The summed E-state index contributed by atoms with van der Waals surface area (Å²) in [5.74, 6) is 0.161. The number of carbonyl (C=O) groups excluding carboxylic acids is 2. The van der Waals surface area contributed by atoms with Gasteiger partial charge in [-0.25, -0.2) is 4.98 Å². The molecule has 1 heterocycles. The van der Waals surface area contributed by atoms with Gasteiger partial charge in [-0.15, -0.1) is 0 Å². The number of hydrogen-bond donors (Lipinski definition) is 2. The number of nitrogens with zero attached hydrogens (tertiary/aromatic N) is 1. The highest BCUT2D eigenvalue weighted by Crippen LogP contribution is 2.12. The number of benzene rings is 1. The summed E-state index contributed by atoms with van der Waals surface area (Å²) in [4.78, 5) is 28.5. The van der Waals surface area contributed by atoms with Crippen molar-refractivity contribution in [1.82, 2.24) is 15.6 Å². The average Bonchev–Trinajstić information content (AvgIpc) is 2.71. The minimum Gasteiger partial charge on any atom is -0.497 e. The lowest BCUT2D eigenvalue weighted by Gasteiger charge is -2.08. The van der Waals surface area contributed by atoms with Crippen LogP contribution in [0.1, 0.15) is 33.0 Å². The molecule has 0 saturated carbocycles. The fourth-order valence-corrected chi connectivity index (χ4v) is 2.44. The largest absolute Gasteiger partial charge is 0.497 e. The Kier molecular flexibility index (Phi) is 8.25. The third kappa shape index (κ3) is 6.71. The van der Waals surface area contributed by atoms with E-state index < -0.39 is 0 Å². The minimum atomic E-state index is -0.313. The maximum absolute atomic E-state index is 12.3. The van der Waals surface area contributed by atoms with Crippen molar-refractivity contribution in [1.29, 1.82) is 0 Å². The van der Waals surface area contributed by atoms with Crippen molar-refractivity contribution in [3.8, 4) is 5.75 Å². The maximum Gasteiger partial charge on any atom is 0.269 e. The summed E-state index contributed by atoms with van der Waals surface area (Å²) in [5.41, 5.74) is 1.49. The van der Waals surface area contributed by atoms with Crippen LogP contribution >= 0.6 is 0 Å². The Balaban J connectivity index is 1.86. The molecule has 27 heavy (non-hydrogen) atoms. The van der Waals surface area contributed by atoms with E-state index in [-0.39, 0.29) is 23.2 Å². The molecule has 0 unspecified atom stereocenters. The third-order valence-electron chi connectivity index (χ3n) is 3.86. The molecule has 7 nitrogen and oxygen atoms in total. The number of carbonyl (C=O) groups is 2. The van der Waals surface area contributed by atoms with Crippen LogP contribution in [-0.2, 0) is 11.2 Å². The SMILES string of the molecule is COCCCNC(=O)c1cccc(C(=O)NCCc2cccc(OC)c2)n1. The number of rotatable bonds is 10. The summed E-state index contributed by atoms with van der Waals surface area (Å²) in [5, 5.41) is 5.57. The molecule has 2 rings (SSSR count). The minimum absolute atomic E-state index is 0.213. The summed E-state index contributed by atoms with van der Waals surface area (Å²) >= 11 is 0. The molecule has 1 aromatic heterocycles. The van der Waals surface area contributed by atoms with E-state index in [0.29, 0.717) is 32.5 Å². The molecule has 2 aromatic rings. The molecule has 0 aliphatic heterocycles. The molecule has 0 atom stereocenters. The summed E-state index contributed by atoms with van der Waals surface area (Å²) in [6.45, 7) is 1.52. The van der Waals surface area contributed by atoms with Gasteiger partial charge in [-0.3, -0.25) is 9.59 Å². The Labute approximate surface area is 159 Å². The maximum atomic E-state index is 12.3. The fourth-order valence-electron chi connectivity index (χ4n) is 2.44. The zero-order valence-electron chi connectivity index (χ0n) is 15.7. The van der Waals surface area contributed by atoms with Crippen LogP contribution in [0.4, 0.5) is 0 Å². The Bertz CT molecular complexity index is 764. The number of ether oxygens (including phenoxy) is 2. The van der Waals surface area contributed by atoms with Gasteiger partial charge < -0.3 is 20.1 Å². The molecule has 0 aliphatic rings. The van der Waals surface area contributed by atoms with Crippen molar-refractivity contribution >= 4 is 11.8 Å². The number of pyridine rings is 1. The molecule has 0 fully saturated rings. The van der Waals surface area contributed by atoms with E-state index in [1.807, 2.05) is 24.3 Å². The Hall–Kier alpha value is -2.93. The predicted molar refractivity (Wildman–Crippen MR) is 102 cm³/mol. The van der Waals surface area contributed by atoms with Crippen LogP contribution in [0.25, 0.3) is 0 Å². The lowest BCUT2D eigenvalue weighted by atomic mass is 10.1. The van der Waals surface area contributed by atoms with Crippen molar-refractivity contribution in [2.75, 3.05) is 33.9 Å². The Morgan fingerprint density at radius 1 is 0.963 bits per heavy atom. The van der Waals surface area contributed by atoms with Gasteiger partial charge >= 0.3 is 0 Å². The molecule has 0 radical (unpaired) electrons. The third-order valence-corrected chi connectivity index (χ3v) is 3.86. The van der Waals surface area contributed by atoms with Crippen LogP contribution in [0, 0.1) is 0 Å². The topological polar surface area (TPSA) is 89.5 Å². The van der Waals surface area contributed by atoms with E-state index in [9.17, 15) is 9.59 Å². The van der Waals surface area contributed by atoms with Gasteiger partial charge in [0.2, 0.25) is 0 Å². The van der Waals surface area contributed by atoms with Gasteiger partial charge in [0.15, 0.2) is 0 Å². The van der Waals surface area contributed by atoms with Gasteiger partial charge in [0.25, 0.3) is 11.8 Å². The fraction of sp³-hybridized carbons (Fsp3) is 0.350. The molecule has 144 valence electrons. The van der Waals surface area contributed by atoms with Crippen LogP contribution in [-0.4, -0.2) is 50.7 Å². The first-order chi connectivity index (χ1) is 13.1. The molecule has 0 saturated heterocycles. The number of nitrogens with one attached hydrogen (secondary N) is 2. The van der Waals surface area contributed by atoms with Crippen LogP contribution < -0.4 is 15.4 Å². The molecule has 0 aliphatic carbocycles. The second kappa shape index (κ2) is 10.9. The summed E-state index contributed by atoms with van der Waals surface area (Å²) < 4.78 is 10.1. The molecule has 0 spiro atoms. The second-order valence-electron chi connectivity index (χ2n) is 5.87. The highest BCUT2D eigenvalue weighted by Gasteiger charge is 2.12. The van der Waals surface area contributed by atoms with E-state index in [2.05, 4.69) is 15.6 Å². The quantitative estimate of drug-likeness (QED) is 0.622. The summed E-state index contributed by atoms with van der Waals surface area (Å²) in [7, 11) is 3.23. The van der Waals surface area contributed by atoms with E-state index in [4.69, 9.17) is 9.47 Å². The predicted octanol–water partition coefficient (Wildman–Crippen LogP) is 1.83. The van der Waals surface area contributed by atoms with Crippen molar-refractivity contribution in [2.24, 2.45) is 0 Å². The van der Waals surface area contributed by atoms with Crippen LogP contribution in [0.15, 0.2) is 42.5 Å². The molecule has 2 amide bonds. The zero-order chi connectivity index (χ0) is 19.5. The number of methoxy groups -OCH3 is 2. The number of amides is 2. The summed E-state index contributed by atoms with van der Waals surface area (Å²) in [6.07, 6.45) is 1.38. The Morgan fingerprint density at radius 2 is 1.63 bits per heavy atom. The molecule has 7 heteroatoms. The van der Waals surface area contributed by atoms with Gasteiger partial charge in [0.1, 0.15) is 17.1 Å². The summed E-state index contributed by atoms with van der Waals surface area (Å²) in [6, 6.07) is 12.5. The van der Waals surface area contributed by atoms with E-state index in [1.54, 1.807) is 32.4 Å². The Morgan fingerprint density at radius 3 is 2.30 bits per heavy atom. The smallest absolute Gasteiger partial charge is 0.269 e. The highest BCUT2D eigenvalue weighted by molar-refractivity contribution is 5.96. The lowest BCUT2D eigenvalue weighted by molar-refractivity contribution is 0.0941. The molecular formula is C20H25N3O4. The van der Waals surface area contributed by atoms with Gasteiger partial charge in [-0.05, 0) is 42.7 Å². The molecular weight excluding hydrogens is 346 g/mol. The van der Waals surface area contributed by atoms with Gasteiger partial charge in [0.05, 0.1) is 7.11 Å². The van der Waals surface area contributed by atoms with Crippen LogP contribution in [0.2, 0.25) is 0 Å². The van der Waals surface area contributed by atoms with E-state index in [1.165, 1.54) is 0 Å². The first-order valence-corrected chi connectivity index (χ1v) is 8.79. The molecule has 2 N–H and O–H groups in total. The highest BCUT2D eigenvalue weighted by atomic mass is 16.5. The number of hydrogen-bond acceptors (Lipinski definition) is 5. The van der Waals surface area contributed by atoms with Crippen molar-refractivity contribution < 1.29 is 19.1 Å². The first kappa shape index (κ1) is 20.4. The van der Waals surface area contributed by atoms with Crippen LogP contribution in [0.5, 0.6) is 5.75 Å². The van der Waals surface area contributed by atoms with Gasteiger partial charge in [-0.2, -0.15) is 0 Å². The molecule has 0 bridgehead atoms. The van der Waals surface area contributed by atoms with Crippen LogP contribution in [0.3, 0.4) is 0 Å². The molecule has 1 aromatic carbocycles. The second-order valence-corrected chi connectivity index (χ2v) is 5.87. The zero-order valence-corrected chi connectivity index (χ0v) is 15.7. The number of aromatic nitrogens is 1. The first-order valence-electron chi connectivity index (χ1n) is 8.79.